The summed E-state index contributed by atoms with van der Waals surface area (Å²) in [7, 11) is 1.96. The molecule has 1 fully saturated rings. The highest BCUT2D eigenvalue weighted by atomic mass is 19.1. The quantitative estimate of drug-likeness (QED) is 0.821. The number of benzene rings is 1. The number of halogens is 1. The maximum atomic E-state index is 13.2. The van der Waals surface area contributed by atoms with Gasteiger partial charge in [-0.1, -0.05) is 0 Å². The molecule has 94 valence electrons. The molecule has 2 N–H and O–H groups in total. The van der Waals surface area contributed by atoms with E-state index in [1.807, 2.05) is 11.9 Å². The van der Waals surface area contributed by atoms with Gasteiger partial charge in [0.1, 0.15) is 5.82 Å². The van der Waals surface area contributed by atoms with Gasteiger partial charge in [-0.3, -0.25) is 0 Å². The molecule has 17 heavy (non-hydrogen) atoms. The fraction of sp³-hybridized carbons (Fsp3) is 0.538. The van der Waals surface area contributed by atoms with Gasteiger partial charge in [0.15, 0.2) is 0 Å². The zero-order valence-corrected chi connectivity index (χ0v) is 10.2. The Kier molecular flexibility index (Phi) is 3.84. The molecular formula is C13H19FN2O. The van der Waals surface area contributed by atoms with Crippen LogP contribution in [0.25, 0.3) is 0 Å². The van der Waals surface area contributed by atoms with Crippen molar-refractivity contribution in [1.82, 2.24) is 0 Å². The van der Waals surface area contributed by atoms with Gasteiger partial charge in [0.25, 0.3) is 0 Å². The topological polar surface area (TPSA) is 38.5 Å². The fourth-order valence-electron chi connectivity index (χ4n) is 2.26. The van der Waals surface area contributed by atoms with Crippen molar-refractivity contribution in [3.8, 4) is 0 Å². The number of nitrogens with zero attached hydrogens (tertiary/aromatic N) is 1. The van der Waals surface area contributed by atoms with E-state index in [-0.39, 0.29) is 5.82 Å². The van der Waals surface area contributed by atoms with Gasteiger partial charge in [-0.05, 0) is 37.0 Å². The molecule has 0 radical (unpaired) electrons. The van der Waals surface area contributed by atoms with Crippen LogP contribution in [0.5, 0.6) is 0 Å². The lowest BCUT2D eigenvalue weighted by Crippen LogP contribution is -2.30. The zero-order valence-electron chi connectivity index (χ0n) is 10.2. The van der Waals surface area contributed by atoms with Gasteiger partial charge in [-0.25, -0.2) is 4.39 Å². The second-order valence-corrected chi connectivity index (χ2v) is 4.71. The molecule has 4 heteroatoms. The van der Waals surface area contributed by atoms with Crippen LogP contribution in [0.2, 0.25) is 0 Å². The standard InChI is InChI=1S/C13H19FN2O/c1-16(8-10-3-2-4-17-9-10)13-6-11(14)5-12(15)7-13/h5-7,10H,2-4,8-9,15H2,1H3. The molecule has 0 amide bonds. The molecule has 1 aliphatic heterocycles. The molecule has 2 rings (SSSR count). The molecular weight excluding hydrogens is 219 g/mol. The van der Waals surface area contributed by atoms with Crippen molar-refractivity contribution in [1.29, 1.82) is 0 Å². The first-order valence-electron chi connectivity index (χ1n) is 6.00. The number of nitrogen functional groups attached to an aromatic ring is 1. The second-order valence-electron chi connectivity index (χ2n) is 4.71. The number of nitrogens with two attached hydrogens (primary N) is 1. The molecule has 1 aromatic rings. The van der Waals surface area contributed by atoms with Crippen molar-refractivity contribution in [2.24, 2.45) is 5.92 Å². The summed E-state index contributed by atoms with van der Waals surface area (Å²) < 4.78 is 18.7. The first-order chi connectivity index (χ1) is 8.15. The predicted molar refractivity (Wildman–Crippen MR) is 67.6 cm³/mol. The summed E-state index contributed by atoms with van der Waals surface area (Å²) in [5.74, 6) is 0.241. The van der Waals surface area contributed by atoms with Crippen LogP contribution in [0, 0.1) is 11.7 Å². The number of anilines is 2. The van der Waals surface area contributed by atoms with Crippen molar-refractivity contribution in [2.45, 2.75) is 12.8 Å². The van der Waals surface area contributed by atoms with Crippen LogP contribution in [-0.2, 0) is 4.74 Å². The Labute approximate surface area is 101 Å². The van der Waals surface area contributed by atoms with E-state index in [9.17, 15) is 4.39 Å². The fourth-order valence-corrected chi connectivity index (χ4v) is 2.26. The minimum Gasteiger partial charge on any atom is -0.399 e. The number of hydrogen-bond donors (Lipinski definition) is 1. The largest absolute Gasteiger partial charge is 0.399 e. The van der Waals surface area contributed by atoms with Crippen molar-refractivity contribution < 1.29 is 9.13 Å². The SMILES string of the molecule is CN(CC1CCCOC1)c1cc(N)cc(F)c1. The van der Waals surface area contributed by atoms with Gasteiger partial charge < -0.3 is 15.4 Å². The number of rotatable bonds is 3. The molecule has 1 heterocycles. The van der Waals surface area contributed by atoms with Gasteiger partial charge in [0.2, 0.25) is 0 Å². The summed E-state index contributed by atoms with van der Waals surface area (Å²) in [5, 5.41) is 0. The maximum Gasteiger partial charge on any atom is 0.127 e. The molecule has 1 atom stereocenters. The average molecular weight is 238 g/mol. The van der Waals surface area contributed by atoms with Crippen LogP contribution < -0.4 is 10.6 Å². The molecule has 0 aromatic heterocycles. The van der Waals surface area contributed by atoms with E-state index in [0.717, 1.165) is 31.9 Å². The second kappa shape index (κ2) is 5.36. The molecule has 1 aromatic carbocycles. The van der Waals surface area contributed by atoms with Crippen LogP contribution in [0.15, 0.2) is 18.2 Å². The Bertz CT molecular complexity index is 357. The highest BCUT2D eigenvalue weighted by Gasteiger charge is 2.16. The van der Waals surface area contributed by atoms with Crippen LogP contribution in [0.4, 0.5) is 15.8 Å². The molecule has 0 bridgehead atoms. The Balaban J connectivity index is 2.00. The number of ether oxygens (including phenoxy) is 1. The highest BCUT2D eigenvalue weighted by molar-refractivity contribution is 5.56. The molecule has 0 saturated carbocycles. The van der Waals surface area contributed by atoms with E-state index in [1.54, 1.807) is 6.07 Å². The highest BCUT2D eigenvalue weighted by Crippen LogP contribution is 2.22. The zero-order chi connectivity index (χ0) is 12.3. The smallest absolute Gasteiger partial charge is 0.127 e. The summed E-state index contributed by atoms with van der Waals surface area (Å²) in [4.78, 5) is 2.04. The van der Waals surface area contributed by atoms with Gasteiger partial charge in [-0.2, -0.15) is 0 Å². The summed E-state index contributed by atoms with van der Waals surface area (Å²) in [6, 6.07) is 4.65. The summed E-state index contributed by atoms with van der Waals surface area (Å²) in [6.07, 6.45) is 2.29. The summed E-state index contributed by atoms with van der Waals surface area (Å²) in [6.45, 7) is 2.55. The van der Waals surface area contributed by atoms with E-state index >= 15 is 0 Å². The molecule has 0 aliphatic carbocycles. The lowest BCUT2D eigenvalue weighted by molar-refractivity contribution is 0.0576. The van der Waals surface area contributed by atoms with Crippen molar-refractivity contribution in [3.63, 3.8) is 0 Å². The van der Waals surface area contributed by atoms with E-state index in [0.29, 0.717) is 11.6 Å². The Hall–Kier alpha value is -1.29. The summed E-state index contributed by atoms with van der Waals surface area (Å²) >= 11 is 0. The van der Waals surface area contributed by atoms with Crippen LogP contribution in [0.1, 0.15) is 12.8 Å². The lowest BCUT2D eigenvalue weighted by Gasteiger charge is -2.28. The van der Waals surface area contributed by atoms with Gasteiger partial charge >= 0.3 is 0 Å². The molecule has 0 spiro atoms. The van der Waals surface area contributed by atoms with E-state index < -0.39 is 0 Å². The third-order valence-corrected chi connectivity index (χ3v) is 3.13. The van der Waals surface area contributed by atoms with Crippen molar-refractivity contribution in [3.05, 3.63) is 24.0 Å². The maximum absolute atomic E-state index is 13.2. The minimum atomic E-state index is -0.285. The number of hydrogen-bond acceptors (Lipinski definition) is 3. The monoisotopic (exact) mass is 238 g/mol. The molecule has 3 nitrogen and oxygen atoms in total. The van der Waals surface area contributed by atoms with Crippen molar-refractivity contribution >= 4 is 11.4 Å². The normalized spacial score (nSPS) is 20.2. The van der Waals surface area contributed by atoms with E-state index in [2.05, 4.69) is 0 Å². The van der Waals surface area contributed by atoms with Gasteiger partial charge in [0, 0.05) is 31.6 Å². The molecule has 1 aliphatic rings. The minimum absolute atomic E-state index is 0.285. The van der Waals surface area contributed by atoms with Crippen LogP contribution >= 0.6 is 0 Å². The third kappa shape index (κ3) is 3.33. The van der Waals surface area contributed by atoms with E-state index in [4.69, 9.17) is 10.5 Å². The van der Waals surface area contributed by atoms with Gasteiger partial charge in [0.05, 0.1) is 6.61 Å². The van der Waals surface area contributed by atoms with Crippen LogP contribution in [0.3, 0.4) is 0 Å². The predicted octanol–water partition coefficient (Wildman–Crippen LogP) is 2.27. The van der Waals surface area contributed by atoms with Crippen molar-refractivity contribution in [2.75, 3.05) is 37.4 Å². The third-order valence-electron chi connectivity index (χ3n) is 3.13. The molecule has 1 saturated heterocycles. The Morgan fingerprint density at radius 1 is 1.47 bits per heavy atom. The van der Waals surface area contributed by atoms with E-state index in [1.165, 1.54) is 18.6 Å². The van der Waals surface area contributed by atoms with Gasteiger partial charge in [-0.15, -0.1) is 0 Å². The Morgan fingerprint density at radius 3 is 2.94 bits per heavy atom. The first kappa shape index (κ1) is 12.2. The average Bonchev–Trinajstić information content (AvgIpc) is 2.29. The molecule has 1 unspecified atom stereocenters. The van der Waals surface area contributed by atoms with Crippen LogP contribution in [-0.4, -0.2) is 26.8 Å². The first-order valence-corrected chi connectivity index (χ1v) is 6.00. The Morgan fingerprint density at radius 2 is 2.29 bits per heavy atom. The lowest BCUT2D eigenvalue weighted by atomic mass is 10.0. The summed E-state index contributed by atoms with van der Waals surface area (Å²) in [5.41, 5.74) is 6.93.